The second-order valence-electron chi connectivity index (χ2n) is 2.51. The molecule has 0 aliphatic rings. The van der Waals surface area contributed by atoms with Crippen LogP contribution in [0.25, 0.3) is 0 Å². The molecule has 0 heterocycles. The van der Waals surface area contributed by atoms with Crippen LogP contribution in [0.1, 0.15) is 20.8 Å². The molecule has 0 fully saturated rings. The van der Waals surface area contributed by atoms with E-state index in [1.165, 1.54) is 0 Å². The Balaban J connectivity index is 0. The van der Waals surface area contributed by atoms with Gasteiger partial charge in [-0.05, 0) is 5.92 Å². The summed E-state index contributed by atoms with van der Waals surface area (Å²) in [7, 11) is 0. The van der Waals surface area contributed by atoms with Gasteiger partial charge in [-0.1, -0.05) is 26.4 Å². The van der Waals surface area contributed by atoms with Crippen LogP contribution in [-0.2, 0) is 32.7 Å². The van der Waals surface area contributed by atoms with Crippen molar-refractivity contribution in [3.8, 4) is 0 Å². The van der Waals surface area contributed by atoms with E-state index in [1.54, 1.807) is 6.92 Å². The van der Waals surface area contributed by atoms with Gasteiger partial charge in [-0.3, -0.25) is 0 Å². The van der Waals surface area contributed by atoms with Crippen molar-refractivity contribution in [2.45, 2.75) is 26.4 Å². The number of rotatable bonds is 1. The predicted octanol–water partition coefficient (Wildman–Crippen LogP) is 1.22. The van der Waals surface area contributed by atoms with E-state index in [2.05, 4.69) is 6.92 Å². The molecule has 0 aliphatic heterocycles. The smallest absolute Gasteiger partial charge is 0 e. The summed E-state index contributed by atoms with van der Waals surface area (Å²) in [4.78, 5) is 0. The van der Waals surface area contributed by atoms with Crippen LogP contribution < -0.4 is 0 Å². The van der Waals surface area contributed by atoms with E-state index in [0.29, 0.717) is 0 Å². The van der Waals surface area contributed by atoms with Crippen molar-refractivity contribution in [2.24, 2.45) is 5.92 Å². The van der Waals surface area contributed by atoms with Gasteiger partial charge in [-0.15, -0.1) is 0 Å². The maximum absolute atomic E-state index is 8.98. The zero-order valence-corrected chi connectivity index (χ0v) is 8.65. The van der Waals surface area contributed by atoms with Gasteiger partial charge < -0.3 is 12.0 Å². The molecule has 0 aromatic rings. The van der Waals surface area contributed by atoms with Crippen LogP contribution in [0.2, 0.25) is 0 Å². The molecule has 0 spiro atoms. The molecule has 1 nitrogen and oxygen atoms in total. The van der Waals surface area contributed by atoms with Crippen LogP contribution in [-0.4, -0.2) is 10.7 Å². The Morgan fingerprint density at radius 3 is 1.62 bits per heavy atom. The van der Waals surface area contributed by atoms with Crippen LogP contribution in [0, 0.1) is 12.8 Å². The summed E-state index contributed by atoms with van der Waals surface area (Å²) in [5.74, 6) is 0.243. The van der Waals surface area contributed by atoms with Gasteiger partial charge in [0.05, 0.1) is 0 Å². The largest absolute Gasteiger partial charge is 0.422 e. The van der Waals surface area contributed by atoms with Crippen molar-refractivity contribution in [1.29, 1.82) is 0 Å². The Bertz CT molecular complexity index is 54.0. The van der Waals surface area contributed by atoms with E-state index in [1.807, 2.05) is 13.8 Å². The average molecular weight is 190 g/mol. The van der Waals surface area contributed by atoms with E-state index in [0.717, 1.165) is 0 Å². The topological polar surface area (TPSA) is 20.2 Å². The van der Waals surface area contributed by atoms with Crippen molar-refractivity contribution < 1.29 is 37.8 Å². The molecule has 0 aliphatic carbocycles. The second kappa shape index (κ2) is 3.97. The maximum Gasteiger partial charge on any atom is 0 e. The van der Waals surface area contributed by atoms with Crippen molar-refractivity contribution in [1.82, 2.24) is 0 Å². The third-order valence-electron chi connectivity index (χ3n) is 1.24. The van der Waals surface area contributed by atoms with Gasteiger partial charge in [0.2, 0.25) is 0 Å². The first kappa shape index (κ1) is 11.8. The molecule has 0 saturated carbocycles. The Morgan fingerprint density at radius 1 is 1.50 bits per heavy atom. The van der Waals surface area contributed by atoms with E-state index in [9.17, 15) is 0 Å². The fourth-order valence-electron chi connectivity index (χ4n) is 0. The second-order valence-corrected chi connectivity index (χ2v) is 2.51. The van der Waals surface area contributed by atoms with Crippen molar-refractivity contribution in [2.75, 3.05) is 0 Å². The molecule has 2 heteroatoms. The molecule has 1 radical (unpaired) electrons. The number of hydrogen-bond acceptors (Lipinski definition) is 1. The SMILES string of the molecule is [CH2-]C(C)(O)C(C)C.[Y]. The fourth-order valence-corrected chi connectivity index (χ4v) is 0. The summed E-state index contributed by atoms with van der Waals surface area (Å²) in [6.07, 6.45) is 0. The van der Waals surface area contributed by atoms with Crippen LogP contribution in [0.3, 0.4) is 0 Å². The first-order chi connectivity index (χ1) is 2.94. The minimum atomic E-state index is -0.750. The summed E-state index contributed by atoms with van der Waals surface area (Å²) in [5, 5.41) is 8.98. The van der Waals surface area contributed by atoms with Gasteiger partial charge in [0.1, 0.15) is 0 Å². The Morgan fingerprint density at radius 2 is 1.62 bits per heavy atom. The number of aliphatic hydroxyl groups is 1. The molecule has 1 unspecified atom stereocenters. The first-order valence-corrected chi connectivity index (χ1v) is 2.52. The third kappa shape index (κ3) is 5.21. The molecular formula is C6H13OY-. The maximum atomic E-state index is 8.98. The third-order valence-corrected chi connectivity index (χ3v) is 1.24. The van der Waals surface area contributed by atoms with E-state index in [-0.39, 0.29) is 38.6 Å². The molecule has 0 bridgehead atoms. The standard InChI is InChI=1S/C6H13O.Y/c1-5(2)6(3,4)7;/h5,7H,3H2,1-2,4H3;/q-1;. The molecule has 0 amide bonds. The fraction of sp³-hybridized carbons (Fsp3) is 0.833. The van der Waals surface area contributed by atoms with E-state index in [4.69, 9.17) is 5.11 Å². The van der Waals surface area contributed by atoms with Crippen LogP contribution in [0.5, 0.6) is 0 Å². The zero-order chi connectivity index (χ0) is 6.08. The molecule has 0 saturated heterocycles. The van der Waals surface area contributed by atoms with Crippen LogP contribution in [0.15, 0.2) is 0 Å². The Labute approximate surface area is 76.7 Å². The summed E-state index contributed by atoms with van der Waals surface area (Å²) >= 11 is 0. The van der Waals surface area contributed by atoms with Gasteiger partial charge in [0.15, 0.2) is 0 Å². The van der Waals surface area contributed by atoms with Crippen molar-refractivity contribution in [3.05, 3.63) is 6.92 Å². The molecule has 1 N–H and O–H groups in total. The summed E-state index contributed by atoms with van der Waals surface area (Å²) < 4.78 is 0. The van der Waals surface area contributed by atoms with Crippen LogP contribution in [0.4, 0.5) is 0 Å². The summed E-state index contributed by atoms with van der Waals surface area (Å²) in [5.41, 5.74) is -0.750. The summed E-state index contributed by atoms with van der Waals surface area (Å²) in [6, 6.07) is 0. The van der Waals surface area contributed by atoms with Crippen LogP contribution >= 0.6 is 0 Å². The monoisotopic (exact) mass is 190 g/mol. The predicted molar refractivity (Wildman–Crippen MR) is 30.8 cm³/mol. The first-order valence-electron chi connectivity index (χ1n) is 2.52. The molecule has 0 rings (SSSR count). The van der Waals surface area contributed by atoms with Gasteiger partial charge in [-0.25, -0.2) is 0 Å². The van der Waals surface area contributed by atoms with E-state index < -0.39 is 5.60 Å². The summed E-state index contributed by atoms with van der Waals surface area (Å²) in [6.45, 7) is 9.11. The van der Waals surface area contributed by atoms with Gasteiger partial charge in [-0.2, -0.15) is 0 Å². The van der Waals surface area contributed by atoms with Crippen molar-refractivity contribution >= 4 is 0 Å². The zero-order valence-electron chi connectivity index (χ0n) is 5.81. The Hall–Kier alpha value is 1.06. The minimum absolute atomic E-state index is 0. The van der Waals surface area contributed by atoms with Gasteiger partial charge >= 0.3 is 0 Å². The molecular weight excluding hydrogens is 177 g/mol. The molecule has 0 aromatic carbocycles. The van der Waals surface area contributed by atoms with Gasteiger partial charge in [0.25, 0.3) is 0 Å². The minimum Gasteiger partial charge on any atom is -0.422 e. The van der Waals surface area contributed by atoms with Crippen molar-refractivity contribution in [3.63, 3.8) is 0 Å². The normalized spacial score (nSPS) is 17.2. The van der Waals surface area contributed by atoms with Gasteiger partial charge in [0, 0.05) is 32.7 Å². The molecule has 47 valence electrons. The Kier molecular flexibility index (Phi) is 5.87. The molecule has 0 aromatic heterocycles. The molecule has 1 atom stereocenters. The van der Waals surface area contributed by atoms with E-state index >= 15 is 0 Å². The quantitative estimate of drug-likeness (QED) is 0.616. The number of hydrogen-bond donors (Lipinski definition) is 1. The average Bonchev–Trinajstić information content (AvgIpc) is 1.31. The molecule has 8 heavy (non-hydrogen) atoms.